The quantitative estimate of drug-likeness (QED) is 0.412. The molecule has 8 heteroatoms. The third kappa shape index (κ3) is 4.39. The minimum Gasteiger partial charge on any atom is -0.465 e. The van der Waals surface area contributed by atoms with Crippen LogP contribution in [0, 0.1) is 12.8 Å². The molecule has 0 bridgehead atoms. The molecule has 0 aliphatic carbocycles. The zero-order valence-electron chi connectivity index (χ0n) is 18.1. The van der Waals surface area contributed by atoms with Gasteiger partial charge in [0.25, 0.3) is 0 Å². The summed E-state index contributed by atoms with van der Waals surface area (Å²) in [7, 11) is 0. The number of carbonyl (C=O) groups is 1. The lowest BCUT2D eigenvalue weighted by atomic mass is 9.90. The number of benzene rings is 2. The van der Waals surface area contributed by atoms with E-state index in [-0.39, 0.29) is 6.54 Å². The van der Waals surface area contributed by atoms with Crippen molar-refractivity contribution in [1.82, 2.24) is 20.4 Å². The number of fused-ring (bicyclic) bond motifs is 1. The van der Waals surface area contributed by atoms with Crippen molar-refractivity contribution in [3.63, 3.8) is 0 Å². The summed E-state index contributed by atoms with van der Waals surface area (Å²) in [6.07, 6.45) is -0.381. The Labute approximate surface area is 184 Å². The van der Waals surface area contributed by atoms with Crippen LogP contribution in [0.5, 0.6) is 0 Å². The summed E-state index contributed by atoms with van der Waals surface area (Å²) < 4.78 is 4.66. The van der Waals surface area contributed by atoms with Crippen LogP contribution >= 0.6 is 0 Å². The zero-order chi connectivity index (χ0) is 22.8. The highest BCUT2D eigenvalue weighted by atomic mass is 16.5. The second kappa shape index (κ2) is 8.66. The van der Waals surface area contributed by atoms with E-state index in [2.05, 4.69) is 33.8 Å². The molecule has 0 atom stereocenters. The fourth-order valence-corrected chi connectivity index (χ4v) is 3.82. The van der Waals surface area contributed by atoms with Crippen molar-refractivity contribution in [2.75, 3.05) is 0 Å². The Hall–Kier alpha value is -3.94. The molecule has 0 saturated heterocycles. The first-order chi connectivity index (χ1) is 15.3. The second-order valence-corrected chi connectivity index (χ2v) is 8.21. The van der Waals surface area contributed by atoms with Gasteiger partial charge in [0.15, 0.2) is 5.82 Å². The van der Waals surface area contributed by atoms with Crippen molar-refractivity contribution in [2.24, 2.45) is 5.92 Å². The topological polar surface area (TPSA) is 121 Å². The van der Waals surface area contributed by atoms with E-state index < -0.39 is 11.8 Å². The second-order valence-electron chi connectivity index (χ2n) is 8.21. The van der Waals surface area contributed by atoms with Gasteiger partial charge in [0.1, 0.15) is 0 Å². The molecule has 32 heavy (non-hydrogen) atoms. The summed E-state index contributed by atoms with van der Waals surface area (Å²) >= 11 is 0. The fraction of sp³-hybridized carbons (Fsp3) is 0.250. The lowest BCUT2D eigenvalue weighted by Gasteiger charge is -2.19. The molecule has 8 nitrogen and oxygen atoms in total. The number of amides is 1. The SMILES string of the molecule is Cc1ccc(-c2c(CNC(=O)O)c(CC(C)C)nc3ccc(-c4noc(=O)[nH]4)cc23)cc1. The highest BCUT2D eigenvalue weighted by Crippen LogP contribution is 2.36. The molecule has 4 aromatic rings. The van der Waals surface area contributed by atoms with Crippen LogP contribution in [-0.4, -0.2) is 26.3 Å². The van der Waals surface area contributed by atoms with Gasteiger partial charge < -0.3 is 10.4 Å². The van der Waals surface area contributed by atoms with Gasteiger partial charge in [0, 0.05) is 28.8 Å². The molecule has 0 aliphatic rings. The Kier molecular flexibility index (Phi) is 5.77. The largest absolute Gasteiger partial charge is 0.465 e. The number of aromatic nitrogens is 3. The fourth-order valence-electron chi connectivity index (χ4n) is 3.82. The normalized spacial score (nSPS) is 11.2. The first-order valence-electron chi connectivity index (χ1n) is 10.4. The molecule has 0 spiro atoms. The maximum absolute atomic E-state index is 11.4. The molecule has 1 amide bonds. The third-order valence-electron chi connectivity index (χ3n) is 5.24. The van der Waals surface area contributed by atoms with Crippen molar-refractivity contribution >= 4 is 17.0 Å². The molecule has 3 N–H and O–H groups in total. The summed E-state index contributed by atoms with van der Waals surface area (Å²) in [4.78, 5) is 30.2. The van der Waals surface area contributed by atoms with Crippen LogP contribution in [0.25, 0.3) is 33.4 Å². The van der Waals surface area contributed by atoms with E-state index >= 15 is 0 Å². The van der Waals surface area contributed by atoms with E-state index in [1.807, 2.05) is 49.4 Å². The van der Waals surface area contributed by atoms with E-state index in [0.717, 1.165) is 38.9 Å². The lowest BCUT2D eigenvalue weighted by molar-refractivity contribution is 0.194. The Bertz CT molecular complexity index is 1340. The maximum atomic E-state index is 11.4. The number of H-pyrrole nitrogens is 1. The molecule has 2 aromatic carbocycles. The van der Waals surface area contributed by atoms with E-state index in [1.165, 1.54) is 0 Å². The van der Waals surface area contributed by atoms with Crippen LogP contribution in [0.15, 0.2) is 51.8 Å². The number of pyridine rings is 1. The van der Waals surface area contributed by atoms with Gasteiger partial charge in [0.05, 0.1) is 5.52 Å². The van der Waals surface area contributed by atoms with Gasteiger partial charge in [0.2, 0.25) is 0 Å². The Morgan fingerprint density at radius 1 is 1.16 bits per heavy atom. The Morgan fingerprint density at radius 3 is 2.50 bits per heavy atom. The molecule has 0 radical (unpaired) electrons. The van der Waals surface area contributed by atoms with Crippen LogP contribution in [0.1, 0.15) is 30.7 Å². The van der Waals surface area contributed by atoms with Crippen LogP contribution in [0.3, 0.4) is 0 Å². The number of hydrogen-bond donors (Lipinski definition) is 3. The first-order valence-corrected chi connectivity index (χ1v) is 10.4. The Balaban J connectivity index is 2.03. The average molecular weight is 432 g/mol. The van der Waals surface area contributed by atoms with Crippen molar-refractivity contribution < 1.29 is 14.4 Å². The van der Waals surface area contributed by atoms with Crippen molar-refractivity contribution in [2.45, 2.75) is 33.7 Å². The lowest BCUT2D eigenvalue weighted by Crippen LogP contribution is -2.22. The third-order valence-corrected chi connectivity index (χ3v) is 5.24. The molecular weight excluding hydrogens is 408 g/mol. The number of nitrogens with zero attached hydrogens (tertiary/aromatic N) is 2. The monoisotopic (exact) mass is 432 g/mol. The molecule has 2 heterocycles. The van der Waals surface area contributed by atoms with Crippen LogP contribution in [-0.2, 0) is 13.0 Å². The number of hydrogen-bond acceptors (Lipinski definition) is 5. The minimum absolute atomic E-state index is 0.133. The summed E-state index contributed by atoms with van der Waals surface area (Å²) in [5, 5.41) is 16.4. The maximum Gasteiger partial charge on any atom is 0.439 e. The van der Waals surface area contributed by atoms with Crippen molar-refractivity contribution in [3.8, 4) is 22.5 Å². The predicted octanol–water partition coefficient (Wildman–Crippen LogP) is 4.52. The standard InChI is InChI=1S/C24H24N4O4/c1-13(2)10-20-18(12-25-23(29)30)21(15-6-4-14(3)5-7-15)17-11-16(8-9-19(17)26-20)22-27-24(31)32-28-22/h4-9,11,13,25H,10,12H2,1-3H3,(H,29,30)(H,27,28,31). The first kappa shape index (κ1) is 21.3. The van der Waals surface area contributed by atoms with Gasteiger partial charge in [-0.2, -0.15) is 0 Å². The summed E-state index contributed by atoms with van der Waals surface area (Å²) in [5.41, 5.74) is 6.15. The van der Waals surface area contributed by atoms with Crippen LogP contribution < -0.4 is 11.1 Å². The molecule has 0 saturated carbocycles. The van der Waals surface area contributed by atoms with Gasteiger partial charge in [-0.3, -0.25) is 14.5 Å². The zero-order valence-corrected chi connectivity index (χ0v) is 18.1. The highest BCUT2D eigenvalue weighted by Gasteiger charge is 2.19. The highest BCUT2D eigenvalue weighted by molar-refractivity contribution is 5.98. The number of rotatable bonds is 6. The number of nitrogens with one attached hydrogen (secondary N) is 2. The molecule has 164 valence electrons. The molecule has 0 unspecified atom stereocenters. The van der Waals surface area contributed by atoms with Gasteiger partial charge in [-0.1, -0.05) is 48.8 Å². The molecule has 0 aliphatic heterocycles. The molecule has 0 fully saturated rings. The number of carboxylic acid groups (broad SMARTS) is 1. The van der Waals surface area contributed by atoms with Crippen LogP contribution in [0.4, 0.5) is 4.79 Å². The Morgan fingerprint density at radius 2 is 1.88 bits per heavy atom. The summed E-state index contributed by atoms with van der Waals surface area (Å²) in [6, 6.07) is 13.7. The molecule has 4 rings (SSSR count). The van der Waals surface area contributed by atoms with Gasteiger partial charge in [-0.05, 0) is 48.6 Å². The van der Waals surface area contributed by atoms with E-state index in [9.17, 15) is 14.7 Å². The molecular formula is C24H24N4O4. The summed E-state index contributed by atoms with van der Waals surface area (Å²) in [5.74, 6) is 0.0349. The number of aryl methyl sites for hydroxylation is 1. The minimum atomic E-state index is -1.09. The van der Waals surface area contributed by atoms with Gasteiger partial charge in [-0.25, -0.2) is 9.59 Å². The molecule has 2 aromatic heterocycles. The van der Waals surface area contributed by atoms with Gasteiger partial charge >= 0.3 is 11.8 Å². The van der Waals surface area contributed by atoms with Crippen LogP contribution in [0.2, 0.25) is 0 Å². The van der Waals surface area contributed by atoms with Gasteiger partial charge in [-0.15, -0.1) is 0 Å². The van der Waals surface area contributed by atoms with Crippen molar-refractivity contribution in [1.29, 1.82) is 0 Å². The van der Waals surface area contributed by atoms with Crippen molar-refractivity contribution in [3.05, 3.63) is 69.8 Å². The van der Waals surface area contributed by atoms with E-state index in [1.54, 1.807) is 0 Å². The summed E-state index contributed by atoms with van der Waals surface area (Å²) in [6.45, 7) is 6.37. The van der Waals surface area contributed by atoms with E-state index in [4.69, 9.17) is 4.98 Å². The smallest absolute Gasteiger partial charge is 0.439 e. The number of aromatic amines is 1. The predicted molar refractivity (Wildman–Crippen MR) is 121 cm³/mol. The average Bonchev–Trinajstić information content (AvgIpc) is 3.18. The van der Waals surface area contributed by atoms with E-state index in [0.29, 0.717) is 23.7 Å².